The van der Waals surface area contributed by atoms with Gasteiger partial charge < -0.3 is 30.7 Å². The number of rotatable bonds is 6. The molecule has 10 heteroatoms. The largest absolute Gasteiger partial charge is 0.489 e. The first-order valence-corrected chi connectivity index (χ1v) is 11.4. The van der Waals surface area contributed by atoms with Crippen LogP contribution >= 0.6 is 0 Å². The molecule has 176 valence electrons. The van der Waals surface area contributed by atoms with Gasteiger partial charge in [-0.2, -0.15) is 0 Å². The average molecular weight is 462 g/mol. The molecular weight excluding hydrogens is 434 g/mol. The van der Waals surface area contributed by atoms with Crippen LogP contribution in [-0.4, -0.2) is 66.4 Å². The molecule has 4 N–H and O–H groups in total. The Morgan fingerprint density at radius 2 is 2.00 bits per heavy atom. The topological polar surface area (TPSA) is 128 Å². The molecule has 0 saturated carbocycles. The number of amides is 1. The average Bonchev–Trinajstić information content (AvgIpc) is 3.39. The van der Waals surface area contributed by atoms with Crippen molar-refractivity contribution in [3.63, 3.8) is 0 Å². The van der Waals surface area contributed by atoms with Crippen LogP contribution in [0.2, 0.25) is 0 Å². The van der Waals surface area contributed by atoms with Crippen molar-refractivity contribution in [2.24, 2.45) is 0 Å². The fourth-order valence-corrected chi connectivity index (χ4v) is 4.08. The maximum absolute atomic E-state index is 13.1. The van der Waals surface area contributed by atoms with Crippen LogP contribution in [0.5, 0.6) is 5.75 Å². The zero-order valence-corrected chi connectivity index (χ0v) is 18.7. The Bertz CT molecular complexity index is 1140. The van der Waals surface area contributed by atoms with Gasteiger partial charge in [0.2, 0.25) is 0 Å². The quantitative estimate of drug-likeness (QED) is 0.505. The number of aromatic nitrogens is 3. The van der Waals surface area contributed by atoms with Crippen molar-refractivity contribution in [1.82, 2.24) is 20.3 Å². The number of nitrogens with two attached hydrogens (primary N) is 1. The maximum atomic E-state index is 13.1. The molecule has 2 aliphatic heterocycles. The molecule has 0 radical (unpaired) electrons. The maximum Gasteiger partial charge on any atom is 0.278 e. The monoisotopic (exact) mass is 461 g/mol. The van der Waals surface area contributed by atoms with E-state index in [1.54, 1.807) is 18.6 Å². The molecule has 0 unspecified atom stereocenters. The third-order valence-electron chi connectivity index (χ3n) is 5.88. The molecule has 1 atom stereocenters. The number of carbonyl (C=O) groups excluding carboxylic acids is 1. The van der Waals surface area contributed by atoms with Gasteiger partial charge in [-0.25, -0.2) is 9.97 Å². The lowest BCUT2D eigenvalue weighted by molar-refractivity contribution is 0.102. The number of nitrogen functional groups attached to an aromatic ring is 1. The highest BCUT2D eigenvalue weighted by Crippen LogP contribution is 2.27. The minimum Gasteiger partial charge on any atom is -0.489 e. The Balaban J connectivity index is 1.33. The summed E-state index contributed by atoms with van der Waals surface area (Å²) in [6, 6.07) is 9.47. The standard InChI is InChI=1S/C24H27N7O3/c25-23-22(24(32)30-20-14-27-8-6-21(20)31-9-11-33-12-10-31)29-19(15-28-23)16-1-3-17(4-2-16)34-18-5-7-26-13-18/h1-4,6,8,14-15,18,26H,5,7,9-13H2,(H2,25,28)(H,30,32)/t18-/m0/s1. The van der Waals surface area contributed by atoms with E-state index in [-0.39, 0.29) is 17.6 Å². The van der Waals surface area contributed by atoms with Crippen molar-refractivity contribution >= 4 is 23.1 Å². The smallest absolute Gasteiger partial charge is 0.278 e. The number of nitrogens with zero attached hydrogens (tertiary/aromatic N) is 4. The number of benzene rings is 1. The summed E-state index contributed by atoms with van der Waals surface area (Å²) in [6.45, 7) is 4.58. The molecule has 1 amide bonds. The van der Waals surface area contributed by atoms with Crippen molar-refractivity contribution < 1.29 is 14.3 Å². The van der Waals surface area contributed by atoms with Crippen molar-refractivity contribution in [1.29, 1.82) is 0 Å². The molecule has 0 bridgehead atoms. The van der Waals surface area contributed by atoms with Crippen LogP contribution < -0.4 is 26.0 Å². The fourth-order valence-electron chi connectivity index (χ4n) is 4.08. The van der Waals surface area contributed by atoms with Gasteiger partial charge in [0.25, 0.3) is 5.91 Å². The Hall–Kier alpha value is -3.76. The highest BCUT2D eigenvalue weighted by molar-refractivity contribution is 6.07. The van der Waals surface area contributed by atoms with Crippen LogP contribution in [0.3, 0.4) is 0 Å². The number of anilines is 3. The van der Waals surface area contributed by atoms with Gasteiger partial charge in [0.1, 0.15) is 11.9 Å². The molecule has 4 heterocycles. The first kappa shape index (κ1) is 22.1. The van der Waals surface area contributed by atoms with E-state index in [2.05, 4.69) is 30.5 Å². The molecule has 2 aromatic heterocycles. The second-order valence-corrected chi connectivity index (χ2v) is 8.19. The van der Waals surface area contributed by atoms with E-state index < -0.39 is 5.91 Å². The van der Waals surface area contributed by atoms with Crippen LogP contribution in [0.15, 0.2) is 48.9 Å². The van der Waals surface area contributed by atoms with E-state index in [1.165, 1.54) is 0 Å². The molecule has 0 spiro atoms. The van der Waals surface area contributed by atoms with Gasteiger partial charge in [-0.3, -0.25) is 9.78 Å². The van der Waals surface area contributed by atoms with Gasteiger partial charge >= 0.3 is 0 Å². The van der Waals surface area contributed by atoms with E-state index in [4.69, 9.17) is 15.2 Å². The summed E-state index contributed by atoms with van der Waals surface area (Å²) in [5.41, 5.74) is 8.90. The SMILES string of the molecule is Nc1ncc(-c2ccc(O[C@H]3CCNC3)cc2)nc1C(=O)Nc1cnccc1N1CCOCC1. The van der Waals surface area contributed by atoms with E-state index >= 15 is 0 Å². The molecule has 10 nitrogen and oxygen atoms in total. The first-order chi connectivity index (χ1) is 16.7. The Labute approximate surface area is 197 Å². The molecule has 0 aliphatic carbocycles. The van der Waals surface area contributed by atoms with Crippen molar-refractivity contribution in [3.8, 4) is 17.0 Å². The van der Waals surface area contributed by atoms with Gasteiger partial charge in [-0.1, -0.05) is 0 Å². The van der Waals surface area contributed by atoms with Gasteiger partial charge in [0.15, 0.2) is 11.5 Å². The summed E-state index contributed by atoms with van der Waals surface area (Å²) >= 11 is 0. The lowest BCUT2D eigenvalue weighted by Crippen LogP contribution is -2.36. The molecule has 2 aliphatic rings. The summed E-state index contributed by atoms with van der Waals surface area (Å²) in [4.78, 5) is 28.1. The molecule has 2 fully saturated rings. The number of nitrogens with one attached hydrogen (secondary N) is 2. The summed E-state index contributed by atoms with van der Waals surface area (Å²) in [6.07, 6.45) is 6.06. The van der Waals surface area contributed by atoms with Crippen molar-refractivity contribution in [3.05, 3.63) is 54.6 Å². The highest BCUT2D eigenvalue weighted by atomic mass is 16.5. The van der Waals surface area contributed by atoms with Crippen LogP contribution in [0, 0.1) is 0 Å². The normalized spacial score (nSPS) is 18.0. The predicted molar refractivity (Wildman–Crippen MR) is 129 cm³/mol. The summed E-state index contributed by atoms with van der Waals surface area (Å²) in [7, 11) is 0. The van der Waals surface area contributed by atoms with Crippen molar-refractivity contribution in [2.75, 3.05) is 55.3 Å². The van der Waals surface area contributed by atoms with E-state index in [9.17, 15) is 4.79 Å². The van der Waals surface area contributed by atoms with Crippen LogP contribution in [-0.2, 0) is 4.74 Å². The van der Waals surface area contributed by atoms with Gasteiger partial charge in [-0.15, -0.1) is 0 Å². The summed E-state index contributed by atoms with van der Waals surface area (Å²) in [5, 5.41) is 6.19. The second-order valence-electron chi connectivity index (χ2n) is 8.19. The number of carbonyl (C=O) groups is 1. The molecule has 5 rings (SSSR count). The van der Waals surface area contributed by atoms with Crippen LogP contribution in [0.25, 0.3) is 11.3 Å². The molecule has 34 heavy (non-hydrogen) atoms. The van der Waals surface area contributed by atoms with E-state index in [0.29, 0.717) is 24.6 Å². The van der Waals surface area contributed by atoms with Crippen molar-refractivity contribution in [2.45, 2.75) is 12.5 Å². The fraction of sp³-hybridized carbons (Fsp3) is 0.333. The molecule has 1 aromatic carbocycles. The first-order valence-electron chi connectivity index (χ1n) is 11.4. The van der Waals surface area contributed by atoms with Crippen LogP contribution in [0.1, 0.15) is 16.9 Å². The molecule has 2 saturated heterocycles. The Morgan fingerprint density at radius 3 is 2.76 bits per heavy atom. The van der Waals surface area contributed by atoms with Gasteiger partial charge in [-0.05, 0) is 43.3 Å². The summed E-state index contributed by atoms with van der Waals surface area (Å²) in [5.74, 6) is 0.417. The number of morpholine rings is 1. The zero-order valence-electron chi connectivity index (χ0n) is 18.7. The number of hydrogen-bond acceptors (Lipinski definition) is 9. The van der Waals surface area contributed by atoms with E-state index in [0.717, 1.165) is 49.6 Å². The zero-order chi connectivity index (χ0) is 23.3. The van der Waals surface area contributed by atoms with Gasteiger partial charge in [0, 0.05) is 31.4 Å². The van der Waals surface area contributed by atoms with Gasteiger partial charge in [0.05, 0.1) is 42.7 Å². The highest BCUT2D eigenvalue weighted by Gasteiger charge is 2.20. The second kappa shape index (κ2) is 10.0. The third kappa shape index (κ3) is 4.92. The Morgan fingerprint density at radius 1 is 1.18 bits per heavy atom. The Kier molecular flexibility index (Phi) is 6.50. The minimum absolute atomic E-state index is 0.0617. The lowest BCUT2D eigenvalue weighted by atomic mass is 10.1. The number of hydrogen-bond donors (Lipinski definition) is 3. The number of ether oxygens (including phenoxy) is 2. The number of pyridine rings is 1. The molecule has 3 aromatic rings. The predicted octanol–water partition coefficient (Wildman–Crippen LogP) is 1.95. The van der Waals surface area contributed by atoms with Crippen LogP contribution in [0.4, 0.5) is 17.2 Å². The minimum atomic E-state index is -0.442. The van der Waals surface area contributed by atoms with E-state index in [1.807, 2.05) is 30.3 Å². The lowest BCUT2D eigenvalue weighted by Gasteiger charge is -2.30. The molecular formula is C24H27N7O3. The third-order valence-corrected chi connectivity index (χ3v) is 5.88. The summed E-state index contributed by atoms with van der Waals surface area (Å²) < 4.78 is 11.4.